The minimum atomic E-state index is -0.456. The number of benzene rings is 1. The molecule has 8 heteroatoms. The van der Waals surface area contributed by atoms with Crippen LogP contribution in [0.25, 0.3) is 10.4 Å². The molecule has 0 bridgehead atoms. The summed E-state index contributed by atoms with van der Waals surface area (Å²) in [5, 5.41) is 3.54. The molecule has 0 radical (unpaired) electrons. The van der Waals surface area contributed by atoms with E-state index >= 15 is 0 Å². The van der Waals surface area contributed by atoms with E-state index in [2.05, 4.69) is 15.5 Å². The topological polar surface area (TPSA) is 99.6 Å². The number of carbonyl (C=O) groups is 1. The largest absolute Gasteiger partial charge is 0.444 e. The van der Waals surface area contributed by atoms with Crippen molar-refractivity contribution in [1.29, 1.82) is 0 Å². The normalized spacial score (nSPS) is 16.7. The van der Waals surface area contributed by atoms with Gasteiger partial charge in [-0.2, -0.15) is 0 Å². The average Bonchev–Trinajstić information content (AvgIpc) is 2.95. The summed E-state index contributed by atoms with van der Waals surface area (Å²) in [6.45, 7) is 0.817. The fraction of sp³-hybridized carbons (Fsp3) is 0.357. The highest BCUT2D eigenvalue weighted by Crippen LogP contribution is 2.21. The summed E-state index contributed by atoms with van der Waals surface area (Å²) in [7, 11) is 1.47. The molecule has 0 spiro atoms. The molecule has 1 aromatic rings. The molecule has 116 valence electrons. The highest BCUT2D eigenvalue weighted by Gasteiger charge is 2.28. The molecule has 0 fully saturated rings. The Hall–Kier alpha value is -2.70. The van der Waals surface area contributed by atoms with Gasteiger partial charge in [-0.25, -0.2) is 4.79 Å². The third kappa shape index (κ3) is 4.15. The standard InChI is InChI=1S/C14H17N5O3/c1-21-17-13-9-19(8-12(13)7-16-18-15)14(20)22-10-11-5-3-2-4-6-11/h2-6,9,12,17H,7-8,10H2,1H3. The van der Waals surface area contributed by atoms with Crippen molar-refractivity contribution in [3.63, 3.8) is 0 Å². The lowest BCUT2D eigenvalue weighted by Crippen LogP contribution is -2.28. The van der Waals surface area contributed by atoms with E-state index in [0.29, 0.717) is 12.2 Å². The van der Waals surface area contributed by atoms with Crippen LogP contribution in [0, 0.1) is 5.92 Å². The smallest absolute Gasteiger partial charge is 0.414 e. The molecule has 8 nitrogen and oxygen atoms in total. The molecular formula is C14H17N5O3. The summed E-state index contributed by atoms with van der Waals surface area (Å²) in [6.07, 6.45) is 1.15. The van der Waals surface area contributed by atoms with Crippen LogP contribution in [0.15, 0.2) is 47.3 Å². The molecule has 1 N–H and O–H groups in total. The number of nitrogens with one attached hydrogen (secondary N) is 1. The van der Waals surface area contributed by atoms with E-state index < -0.39 is 6.09 Å². The Balaban J connectivity index is 1.93. The summed E-state index contributed by atoms with van der Waals surface area (Å²) in [4.78, 5) is 21.1. The second-order valence-electron chi connectivity index (χ2n) is 4.69. The molecule has 1 amide bonds. The predicted molar refractivity (Wildman–Crippen MR) is 79.1 cm³/mol. The van der Waals surface area contributed by atoms with Crippen LogP contribution in [0.4, 0.5) is 4.79 Å². The maximum atomic E-state index is 12.1. The van der Waals surface area contributed by atoms with Crippen LogP contribution in [0.3, 0.4) is 0 Å². The SMILES string of the molecule is CONC1=CN(C(=O)OCc2ccccc2)CC1CN=[N+]=[N-]. The molecule has 0 aliphatic carbocycles. The van der Waals surface area contributed by atoms with E-state index in [0.717, 1.165) is 5.56 Å². The molecule has 1 unspecified atom stereocenters. The zero-order valence-corrected chi connectivity index (χ0v) is 12.2. The highest BCUT2D eigenvalue weighted by atomic mass is 16.6. The molecule has 1 aromatic carbocycles. The zero-order valence-electron chi connectivity index (χ0n) is 12.2. The molecule has 1 aliphatic heterocycles. The Morgan fingerprint density at radius 2 is 2.27 bits per heavy atom. The lowest BCUT2D eigenvalue weighted by molar-refractivity contribution is 0.108. The molecule has 1 aliphatic rings. The highest BCUT2D eigenvalue weighted by molar-refractivity contribution is 5.69. The van der Waals surface area contributed by atoms with Gasteiger partial charge in [0.2, 0.25) is 0 Å². The van der Waals surface area contributed by atoms with Crippen LogP contribution in [0.2, 0.25) is 0 Å². The van der Waals surface area contributed by atoms with E-state index in [1.54, 1.807) is 6.20 Å². The van der Waals surface area contributed by atoms with Crippen LogP contribution in [-0.2, 0) is 16.2 Å². The molecule has 1 atom stereocenters. The van der Waals surface area contributed by atoms with Gasteiger partial charge in [0.25, 0.3) is 0 Å². The number of hydrogen-bond donors (Lipinski definition) is 1. The minimum absolute atomic E-state index is 0.139. The molecular weight excluding hydrogens is 286 g/mol. The monoisotopic (exact) mass is 303 g/mol. The van der Waals surface area contributed by atoms with Gasteiger partial charge in [0.1, 0.15) is 6.61 Å². The van der Waals surface area contributed by atoms with Crippen molar-refractivity contribution < 1.29 is 14.4 Å². The zero-order chi connectivity index (χ0) is 15.8. The minimum Gasteiger partial charge on any atom is -0.444 e. The Labute approximate surface area is 127 Å². The third-order valence-electron chi connectivity index (χ3n) is 3.18. The number of hydroxylamine groups is 1. The van der Waals surface area contributed by atoms with Gasteiger partial charge in [0.05, 0.1) is 12.8 Å². The number of azide groups is 1. The summed E-state index contributed by atoms with van der Waals surface area (Å²) >= 11 is 0. The van der Waals surface area contributed by atoms with E-state index in [1.165, 1.54) is 12.0 Å². The predicted octanol–water partition coefficient (Wildman–Crippen LogP) is 2.56. The lowest BCUT2D eigenvalue weighted by atomic mass is 10.1. The summed E-state index contributed by atoms with van der Waals surface area (Å²) in [5.41, 5.74) is 12.7. The van der Waals surface area contributed by atoms with E-state index in [4.69, 9.17) is 15.1 Å². The maximum absolute atomic E-state index is 12.1. The molecule has 0 saturated carbocycles. The first-order chi connectivity index (χ1) is 10.7. The van der Waals surface area contributed by atoms with Crippen molar-refractivity contribution in [2.75, 3.05) is 20.2 Å². The Bertz CT molecular complexity index is 583. The average molecular weight is 303 g/mol. The fourth-order valence-corrected chi connectivity index (χ4v) is 2.11. The van der Waals surface area contributed by atoms with Crippen LogP contribution in [0.1, 0.15) is 5.56 Å². The first kappa shape index (κ1) is 15.7. The molecule has 2 rings (SSSR count). The van der Waals surface area contributed by atoms with Crippen molar-refractivity contribution in [3.8, 4) is 0 Å². The lowest BCUT2D eigenvalue weighted by Gasteiger charge is -2.15. The molecule has 1 heterocycles. The summed E-state index contributed by atoms with van der Waals surface area (Å²) in [5.74, 6) is -0.139. The first-order valence-electron chi connectivity index (χ1n) is 6.73. The number of rotatable bonds is 6. The molecule has 22 heavy (non-hydrogen) atoms. The van der Waals surface area contributed by atoms with Crippen molar-refractivity contribution >= 4 is 6.09 Å². The van der Waals surface area contributed by atoms with Gasteiger partial charge in [-0.05, 0) is 11.1 Å². The van der Waals surface area contributed by atoms with Gasteiger partial charge >= 0.3 is 6.09 Å². The van der Waals surface area contributed by atoms with Gasteiger partial charge in [0.15, 0.2) is 0 Å². The number of hydrogen-bond acceptors (Lipinski definition) is 5. The first-order valence-corrected chi connectivity index (χ1v) is 6.73. The van der Waals surface area contributed by atoms with Crippen LogP contribution < -0.4 is 5.48 Å². The second kappa shape index (κ2) is 7.92. The Morgan fingerprint density at radius 3 is 2.95 bits per heavy atom. The third-order valence-corrected chi connectivity index (χ3v) is 3.18. The number of ether oxygens (including phenoxy) is 1. The van der Waals surface area contributed by atoms with Gasteiger partial charge in [-0.15, -0.1) is 0 Å². The molecule has 0 saturated heterocycles. The Kier molecular flexibility index (Phi) is 5.65. The van der Waals surface area contributed by atoms with Gasteiger partial charge in [-0.3, -0.25) is 15.2 Å². The van der Waals surface area contributed by atoms with E-state index in [9.17, 15) is 4.79 Å². The molecule has 0 aromatic heterocycles. The second-order valence-corrected chi connectivity index (χ2v) is 4.69. The van der Waals surface area contributed by atoms with E-state index in [1.807, 2.05) is 30.3 Å². The quantitative estimate of drug-likeness (QED) is 0.378. The summed E-state index contributed by atoms with van der Waals surface area (Å²) < 4.78 is 5.26. The Morgan fingerprint density at radius 1 is 1.50 bits per heavy atom. The maximum Gasteiger partial charge on any atom is 0.414 e. The van der Waals surface area contributed by atoms with Crippen molar-refractivity contribution in [1.82, 2.24) is 10.4 Å². The number of carbonyl (C=O) groups excluding carboxylic acids is 1. The van der Waals surface area contributed by atoms with Crippen molar-refractivity contribution in [2.45, 2.75) is 6.61 Å². The van der Waals surface area contributed by atoms with Gasteiger partial charge in [0, 0.05) is 30.1 Å². The van der Waals surface area contributed by atoms with Crippen LogP contribution >= 0.6 is 0 Å². The van der Waals surface area contributed by atoms with E-state index in [-0.39, 0.29) is 19.1 Å². The van der Waals surface area contributed by atoms with Gasteiger partial charge < -0.3 is 4.74 Å². The number of nitrogens with zero attached hydrogens (tertiary/aromatic N) is 4. The fourth-order valence-electron chi connectivity index (χ4n) is 2.11. The summed E-state index contributed by atoms with van der Waals surface area (Å²) in [6, 6.07) is 9.44. The van der Waals surface area contributed by atoms with Crippen LogP contribution in [-0.4, -0.2) is 31.2 Å². The van der Waals surface area contributed by atoms with Crippen molar-refractivity contribution in [2.24, 2.45) is 11.0 Å². The van der Waals surface area contributed by atoms with Crippen LogP contribution in [0.5, 0.6) is 0 Å². The van der Waals surface area contributed by atoms with Crippen molar-refractivity contribution in [3.05, 3.63) is 58.2 Å². The number of amides is 1. The van der Waals surface area contributed by atoms with Gasteiger partial charge in [-0.1, -0.05) is 35.4 Å².